The number of aryl methyl sites for hydroxylation is 1. The highest BCUT2D eigenvalue weighted by atomic mass is 35.5. The largest absolute Gasteiger partial charge is 0.349 e. The average molecular weight is 403 g/mol. The molecule has 2 aromatic rings. The Bertz CT molecular complexity index is 802. The Morgan fingerprint density at radius 2 is 1.74 bits per heavy atom. The van der Waals surface area contributed by atoms with E-state index in [0.717, 1.165) is 18.4 Å². The molecule has 0 radical (unpaired) electrons. The summed E-state index contributed by atoms with van der Waals surface area (Å²) in [6, 6.07) is 15.0. The van der Waals surface area contributed by atoms with E-state index in [2.05, 4.69) is 17.9 Å². The summed E-state index contributed by atoms with van der Waals surface area (Å²) in [5, 5.41) is 3.76. The molecule has 0 atom stereocenters. The number of nitrogens with zero attached hydrogens (tertiary/aromatic N) is 1. The summed E-state index contributed by atoms with van der Waals surface area (Å²) in [4.78, 5) is 27.4. The van der Waals surface area contributed by atoms with E-state index in [0.29, 0.717) is 41.4 Å². The molecule has 0 aromatic heterocycles. The molecular formula is C21H23ClN2O2S. The number of carbonyl (C=O) groups is 2. The summed E-state index contributed by atoms with van der Waals surface area (Å²) in [6.07, 6.45) is 2.75. The van der Waals surface area contributed by atoms with E-state index < -0.39 is 0 Å². The van der Waals surface area contributed by atoms with Gasteiger partial charge >= 0.3 is 0 Å². The summed E-state index contributed by atoms with van der Waals surface area (Å²) in [7, 11) is 0. The highest BCUT2D eigenvalue weighted by Gasteiger charge is 2.24. The minimum absolute atomic E-state index is 0.0887. The summed E-state index contributed by atoms with van der Waals surface area (Å²) in [5.74, 6) is 0.0588. The summed E-state index contributed by atoms with van der Waals surface area (Å²) >= 11 is 10.2. The van der Waals surface area contributed by atoms with Crippen LogP contribution in [-0.2, 0) is 11.2 Å². The SMILES string of the molecule is O=C(NC1CCN(C(=O)CCc2ccc(Cl)cc2)CC1)c1ccccc1S. The highest BCUT2D eigenvalue weighted by Crippen LogP contribution is 2.17. The molecule has 142 valence electrons. The van der Waals surface area contributed by atoms with Gasteiger partial charge in [-0.15, -0.1) is 12.6 Å². The topological polar surface area (TPSA) is 49.4 Å². The first-order chi connectivity index (χ1) is 13.0. The fraction of sp³-hybridized carbons (Fsp3) is 0.333. The molecule has 2 amide bonds. The normalized spacial score (nSPS) is 14.8. The zero-order valence-electron chi connectivity index (χ0n) is 15.0. The van der Waals surface area contributed by atoms with Crippen molar-refractivity contribution in [2.24, 2.45) is 0 Å². The minimum atomic E-state index is -0.104. The lowest BCUT2D eigenvalue weighted by molar-refractivity contribution is -0.132. The van der Waals surface area contributed by atoms with Gasteiger partial charge in [0.25, 0.3) is 5.91 Å². The third-order valence-corrected chi connectivity index (χ3v) is 5.51. The van der Waals surface area contributed by atoms with Crippen molar-refractivity contribution in [1.82, 2.24) is 10.2 Å². The molecule has 1 heterocycles. The Kier molecular flexibility index (Phi) is 6.80. The Morgan fingerprint density at radius 1 is 1.07 bits per heavy atom. The summed E-state index contributed by atoms with van der Waals surface area (Å²) < 4.78 is 0. The van der Waals surface area contributed by atoms with Gasteiger partial charge in [0.15, 0.2) is 0 Å². The molecule has 1 fully saturated rings. The van der Waals surface area contributed by atoms with E-state index in [-0.39, 0.29) is 17.9 Å². The van der Waals surface area contributed by atoms with E-state index in [1.807, 2.05) is 41.3 Å². The molecule has 0 aliphatic carbocycles. The van der Waals surface area contributed by atoms with Crippen molar-refractivity contribution in [2.45, 2.75) is 36.6 Å². The predicted octanol–water partition coefficient (Wildman–Crippen LogP) is 3.98. The fourth-order valence-corrected chi connectivity index (χ4v) is 3.65. The molecule has 1 saturated heterocycles. The second kappa shape index (κ2) is 9.29. The zero-order valence-corrected chi connectivity index (χ0v) is 16.7. The smallest absolute Gasteiger partial charge is 0.252 e. The third kappa shape index (κ3) is 5.50. The van der Waals surface area contributed by atoms with Gasteiger partial charge < -0.3 is 10.2 Å². The van der Waals surface area contributed by atoms with E-state index in [4.69, 9.17) is 11.6 Å². The number of benzene rings is 2. The number of halogens is 1. The van der Waals surface area contributed by atoms with Crippen molar-refractivity contribution >= 4 is 36.0 Å². The van der Waals surface area contributed by atoms with Crippen LogP contribution < -0.4 is 5.32 Å². The van der Waals surface area contributed by atoms with Crippen LogP contribution in [0.2, 0.25) is 5.02 Å². The van der Waals surface area contributed by atoms with E-state index in [9.17, 15) is 9.59 Å². The van der Waals surface area contributed by atoms with Crippen LogP contribution in [0, 0.1) is 0 Å². The zero-order chi connectivity index (χ0) is 19.2. The number of rotatable bonds is 5. The number of carbonyl (C=O) groups excluding carboxylic acids is 2. The molecule has 6 heteroatoms. The Labute approximate surface area is 170 Å². The summed E-state index contributed by atoms with van der Waals surface area (Å²) in [5.41, 5.74) is 1.70. The van der Waals surface area contributed by atoms with Crippen LogP contribution in [0.25, 0.3) is 0 Å². The van der Waals surface area contributed by atoms with Crippen LogP contribution >= 0.6 is 24.2 Å². The highest BCUT2D eigenvalue weighted by molar-refractivity contribution is 7.80. The average Bonchev–Trinajstić information content (AvgIpc) is 2.68. The second-order valence-corrected chi connectivity index (χ2v) is 7.69. The van der Waals surface area contributed by atoms with E-state index in [1.54, 1.807) is 12.1 Å². The van der Waals surface area contributed by atoms with Crippen LogP contribution in [0.5, 0.6) is 0 Å². The molecule has 0 bridgehead atoms. The quantitative estimate of drug-likeness (QED) is 0.743. The number of piperidine rings is 1. The molecular weight excluding hydrogens is 380 g/mol. The third-order valence-electron chi connectivity index (χ3n) is 4.87. The van der Waals surface area contributed by atoms with Gasteiger partial charge in [0.1, 0.15) is 0 Å². The number of hydrogen-bond donors (Lipinski definition) is 2. The molecule has 4 nitrogen and oxygen atoms in total. The van der Waals surface area contributed by atoms with Gasteiger partial charge in [-0.05, 0) is 49.1 Å². The number of amides is 2. The van der Waals surface area contributed by atoms with Crippen LogP contribution in [-0.4, -0.2) is 35.8 Å². The molecule has 0 unspecified atom stereocenters. The van der Waals surface area contributed by atoms with Gasteiger partial charge in [-0.25, -0.2) is 0 Å². The molecule has 3 rings (SSSR count). The maximum atomic E-state index is 12.4. The Hall–Kier alpha value is -1.98. The standard InChI is InChI=1S/C21H23ClN2O2S/c22-16-8-5-15(6-9-16)7-10-20(25)24-13-11-17(12-14-24)23-21(26)18-3-1-2-4-19(18)27/h1-6,8-9,17,27H,7,10-14H2,(H,23,26). The number of nitrogens with one attached hydrogen (secondary N) is 1. The molecule has 0 saturated carbocycles. The lowest BCUT2D eigenvalue weighted by Gasteiger charge is -2.32. The molecule has 1 aliphatic rings. The van der Waals surface area contributed by atoms with E-state index in [1.165, 1.54) is 0 Å². The van der Waals surface area contributed by atoms with Crippen LogP contribution in [0.3, 0.4) is 0 Å². The van der Waals surface area contributed by atoms with Crippen LogP contribution in [0.1, 0.15) is 35.2 Å². The van der Waals surface area contributed by atoms with Crippen molar-refractivity contribution in [2.75, 3.05) is 13.1 Å². The van der Waals surface area contributed by atoms with E-state index >= 15 is 0 Å². The van der Waals surface area contributed by atoms with Crippen molar-refractivity contribution in [3.05, 3.63) is 64.7 Å². The Morgan fingerprint density at radius 3 is 2.41 bits per heavy atom. The maximum absolute atomic E-state index is 12.4. The maximum Gasteiger partial charge on any atom is 0.252 e. The predicted molar refractivity (Wildman–Crippen MR) is 111 cm³/mol. The van der Waals surface area contributed by atoms with Gasteiger partial charge in [0, 0.05) is 35.5 Å². The first kappa shape index (κ1) is 19.8. The lowest BCUT2D eigenvalue weighted by atomic mass is 10.0. The van der Waals surface area contributed by atoms with Crippen molar-refractivity contribution in [3.8, 4) is 0 Å². The molecule has 27 heavy (non-hydrogen) atoms. The van der Waals surface area contributed by atoms with Gasteiger partial charge in [-0.3, -0.25) is 9.59 Å². The van der Waals surface area contributed by atoms with Crippen molar-refractivity contribution < 1.29 is 9.59 Å². The number of thiol groups is 1. The molecule has 0 spiro atoms. The summed E-state index contributed by atoms with van der Waals surface area (Å²) in [6.45, 7) is 1.35. The Balaban J connectivity index is 1.44. The van der Waals surface area contributed by atoms with Gasteiger partial charge in [0.2, 0.25) is 5.91 Å². The van der Waals surface area contributed by atoms with Gasteiger partial charge in [0.05, 0.1) is 5.56 Å². The second-order valence-electron chi connectivity index (χ2n) is 6.77. The van der Waals surface area contributed by atoms with Gasteiger partial charge in [-0.2, -0.15) is 0 Å². The van der Waals surface area contributed by atoms with Crippen LogP contribution in [0.15, 0.2) is 53.4 Å². The molecule has 2 aromatic carbocycles. The van der Waals surface area contributed by atoms with Crippen LogP contribution in [0.4, 0.5) is 0 Å². The monoisotopic (exact) mass is 402 g/mol. The lowest BCUT2D eigenvalue weighted by Crippen LogP contribution is -2.46. The van der Waals surface area contributed by atoms with Crippen molar-refractivity contribution in [3.63, 3.8) is 0 Å². The number of likely N-dealkylation sites (tertiary alicyclic amines) is 1. The first-order valence-electron chi connectivity index (χ1n) is 9.14. The number of hydrogen-bond acceptors (Lipinski definition) is 3. The van der Waals surface area contributed by atoms with Crippen molar-refractivity contribution in [1.29, 1.82) is 0 Å². The minimum Gasteiger partial charge on any atom is -0.349 e. The fourth-order valence-electron chi connectivity index (χ4n) is 3.26. The van der Waals surface area contributed by atoms with Gasteiger partial charge in [-0.1, -0.05) is 35.9 Å². The molecule has 1 N–H and O–H groups in total. The molecule has 1 aliphatic heterocycles. The first-order valence-corrected chi connectivity index (χ1v) is 9.96.